The van der Waals surface area contributed by atoms with E-state index in [1.165, 1.54) is 18.5 Å². The van der Waals surface area contributed by atoms with Crippen molar-refractivity contribution in [2.45, 2.75) is 0 Å². The van der Waals surface area contributed by atoms with E-state index in [1.807, 2.05) is 0 Å². The van der Waals surface area contributed by atoms with Crippen LogP contribution in [0.25, 0.3) is 10.9 Å². The van der Waals surface area contributed by atoms with Gasteiger partial charge in [-0.2, -0.15) is 0 Å². The quantitative estimate of drug-likeness (QED) is 0.404. The van der Waals surface area contributed by atoms with Crippen molar-refractivity contribution >= 4 is 22.4 Å². The molecule has 0 radical (unpaired) electrons. The maximum atomic E-state index is 14.3. The van der Waals surface area contributed by atoms with E-state index in [-0.39, 0.29) is 5.69 Å². The molecule has 0 fully saturated rings. The molecule has 0 amide bonds. The molecule has 2 aromatic carbocycles. The van der Waals surface area contributed by atoms with Gasteiger partial charge in [0.2, 0.25) is 0 Å². The van der Waals surface area contributed by atoms with Gasteiger partial charge in [0, 0.05) is 31.2 Å². The van der Waals surface area contributed by atoms with Gasteiger partial charge in [-0.15, -0.1) is 6.42 Å². The molecule has 0 spiro atoms. The summed E-state index contributed by atoms with van der Waals surface area (Å²) in [5, 5.41) is 3.63. The standard InChI is InChI=1S/C22H22FN3O4/c1-4-15-5-6-17(23)19(11-15)26-22-16-12-20(29-9-7-27-2)21(30-10-8-28-3)13-18(16)24-14-25-22/h1,5-6,11-14H,7-10H2,2-3H3,(H,24,25,26). The summed E-state index contributed by atoms with van der Waals surface area (Å²) in [6.45, 7) is 1.52. The minimum absolute atomic E-state index is 0.215. The van der Waals surface area contributed by atoms with Crippen LogP contribution in [0.4, 0.5) is 15.9 Å². The van der Waals surface area contributed by atoms with Crippen LogP contribution in [0.2, 0.25) is 0 Å². The third-order valence-corrected chi connectivity index (χ3v) is 4.18. The minimum atomic E-state index is -0.447. The van der Waals surface area contributed by atoms with E-state index in [9.17, 15) is 4.39 Å². The van der Waals surface area contributed by atoms with Crippen LogP contribution in [0, 0.1) is 18.2 Å². The molecule has 3 aromatic rings. The smallest absolute Gasteiger partial charge is 0.163 e. The largest absolute Gasteiger partial charge is 0.487 e. The number of benzene rings is 2. The molecule has 0 saturated carbocycles. The third-order valence-electron chi connectivity index (χ3n) is 4.18. The molecule has 0 atom stereocenters. The molecule has 156 valence electrons. The van der Waals surface area contributed by atoms with E-state index in [1.54, 1.807) is 32.4 Å². The highest BCUT2D eigenvalue weighted by Crippen LogP contribution is 2.35. The third kappa shape index (κ3) is 5.14. The van der Waals surface area contributed by atoms with Crippen LogP contribution in [0.3, 0.4) is 0 Å². The molecule has 0 aliphatic heterocycles. The van der Waals surface area contributed by atoms with Crippen LogP contribution in [0.15, 0.2) is 36.7 Å². The topological polar surface area (TPSA) is 74.7 Å². The second kappa shape index (κ2) is 10.4. The molecule has 0 aliphatic carbocycles. The first-order valence-electron chi connectivity index (χ1n) is 9.21. The van der Waals surface area contributed by atoms with Crippen molar-refractivity contribution in [3.63, 3.8) is 0 Å². The van der Waals surface area contributed by atoms with Gasteiger partial charge in [-0.05, 0) is 24.3 Å². The van der Waals surface area contributed by atoms with Crippen molar-refractivity contribution in [1.29, 1.82) is 0 Å². The average Bonchev–Trinajstić information content (AvgIpc) is 2.76. The first kappa shape index (κ1) is 21.3. The van der Waals surface area contributed by atoms with Crippen LogP contribution in [0.1, 0.15) is 5.56 Å². The lowest BCUT2D eigenvalue weighted by Crippen LogP contribution is -2.09. The van der Waals surface area contributed by atoms with Crippen molar-refractivity contribution in [2.75, 3.05) is 46.0 Å². The summed E-state index contributed by atoms with van der Waals surface area (Å²) in [6, 6.07) is 7.88. The molecular formula is C22H22FN3O4. The molecule has 3 rings (SSSR count). The number of hydrogen-bond acceptors (Lipinski definition) is 7. The zero-order valence-electron chi connectivity index (χ0n) is 16.8. The van der Waals surface area contributed by atoms with Gasteiger partial charge < -0.3 is 24.3 Å². The number of rotatable bonds is 10. The number of terminal acetylenes is 1. The van der Waals surface area contributed by atoms with Crippen LogP contribution in [-0.4, -0.2) is 50.6 Å². The van der Waals surface area contributed by atoms with Gasteiger partial charge in [-0.25, -0.2) is 14.4 Å². The van der Waals surface area contributed by atoms with Crippen LogP contribution >= 0.6 is 0 Å². The molecule has 1 heterocycles. The number of nitrogens with one attached hydrogen (secondary N) is 1. The van der Waals surface area contributed by atoms with Crippen molar-refractivity contribution in [3.8, 4) is 23.8 Å². The monoisotopic (exact) mass is 411 g/mol. The molecular weight excluding hydrogens is 389 g/mol. The molecule has 0 aliphatic rings. The van der Waals surface area contributed by atoms with Gasteiger partial charge >= 0.3 is 0 Å². The molecule has 8 heteroatoms. The zero-order valence-corrected chi connectivity index (χ0v) is 16.8. The lowest BCUT2D eigenvalue weighted by Gasteiger charge is -2.15. The number of anilines is 2. The Balaban J connectivity index is 1.99. The lowest BCUT2D eigenvalue weighted by molar-refractivity contribution is 0.132. The predicted molar refractivity (Wildman–Crippen MR) is 112 cm³/mol. The highest BCUT2D eigenvalue weighted by molar-refractivity contribution is 5.93. The number of halogens is 1. The summed E-state index contributed by atoms with van der Waals surface area (Å²) in [5.41, 5.74) is 1.37. The molecule has 1 N–H and O–H groups in total. The van der Waals surface area contributed by atoms with Crippen molar-refractivity contribution in [2.24, 2.45) is 0 Å². The summed E-state index contributed by atoms with van der Waals surface area (Å²) in [4.78, 5) is 8.56. The molecule has 1 aromatic heterocycles. The predicted octanol–water partition coefficient (Wildman–Crippen LogP) is 3.54. The average molecular weight is 411 g/mol. The maximum Gasteiger partial charge on any atom is 0.163 e. The SMILES string of the molecule is C#Cc1ccc(F)c(Nc2ncnc3cc(OCCOC)c(OCCOC)cc23)c1. The Bertz CT molecular complexity index is 1050. The van der Waals surface area contributed by atoms with Crippen molar-refractivity contribution < 1.29 is 23.3 Å². The van der Waals surface area contributed by atoms with Gasteiger partial charge in [0.25, 0.3) is 0 Å². The fraction of sp³-hybridized carbons (Fsp3) is 0.273. The van der Waals surface area contributed by atoms with Gasteiger partial charge in [-0.3, -0.25) is 0 Å². The van der Waals surface area contributed by atoms with E-state index >= 15 is 0 Å². The van der Waals surface area contributed by atoms with Crippen LogP contribution < -0.4 is 14.8 Å². The number of aromatic nitrogens is 2. The summed E-state index contributed by atoms with van der Waals surface area (Å²) >= 11 is 0. The second-order valence-electron chi connectivity index (χ2n) is 6.18. The molecule has 0 unspecified atom stereocenters. The van der Waals surface area contributed by atoms with E-state index in [0.717, 1.165) is 0 Å². The van der Waals surface area contributed by atoms with E-state index in [2.05, 4.69) is 21.2 Å². The van der Waals surface area contributed by atoms with E-state index < -0.39 is 5.82 Å². The van der Waals surface area contributed by atoms with E-state index in [0.29, 0.717) is 60.2 Å². The maximum absolute atomic E-state index is 14.3. The van der Waals surface area contributed by atoms with E-state index in [4.69, 9.17) is 25.4 Å². The van der Waals surface area contributed by atoms with Crippen molar-refractivity contribution in [3.05, 3.63) is 48.0 Å². The number of fused-ring (bicyclic) bond motifs is 1. The first-order chi connectivity index (χ1) is 14.7. The summed E-state index contributed by atoms with van der Waals surface area (Å²) in [5.74, 6) is 3.46. The minimum Gasteiger partial charge on any atom is -0.487 e. The fourth-order valence-corrected chi connectivity index (χ4v) is 2.70. The Morgan fingerprint density at radius 1 is 0.967 bits per heavy atom. The number of nitrogens with zero attached hydrogens (tertiary/aromatic N) is 2. The first-order valence-corrected chi connectivity index (χ1v) is 9.21. The zero-order chi connectivity index (χ0) is 21.3. The highest BCUT2D eigenvalue weighted by atomic mass is 19.1. The Kier molecular flexibility index (Phi) is 7.38. The summed E-state index contributed by atoms with van der Waals surface area (Å²) in [7, 11) is 3.19. The Hall–Kier alpha value is -3.41. The number of methoxy groups -OCH3 is 2. The van der Waals surface area contributed by atoms with Gasteiger partial charge in [0.05, 0.1) is 24.4 Å². The van der Waals surface area contributed by atoms with Crippen LogP contribution in [0.5, 0.6) is 11.5 Å². The lowest BCUT2D eigenvalue weighted by atomic mass is 10.1. The Morgan fingerprint density at radius 2 is 1.67 bits per heavy atom. The van der Waals surface area contributed by atoms with Gasteiger partial charge in [0.1, 0.15) is 31.2 Å². The number of hydrogen-bond donors (Lipinski definition) is 1. The molecule has 0 saturated heterocycles. The summed E-state index contributed by atoms with van der Waals surface area (Å²) in [6.07, 6.45) is 6.81. The molecule has 7 nitrogen and oxygen atoms in total. The van der Waals surface area contributed by atoms with Crippen molar-refractivity contribution in [1.82, 2.24) is 9.97 Å². The Morgan fingerprint density at radius 3 is 2.33 bits per heavy atom. The molecule has 30 heavy (non-hydrogen) atoms. The van der Waals surface area contributed by atoms with Gasteiger partial charge in [-0.1, -0.05) is 5.92 Å². The fourth-order valence-electron chi connectivity index (χ4n) is 2.70. The molecule has 0 bridgehead atoms. The van der Waals surface area contributed by atoms with Crippen LogP contribution in [-0.2, 0) is 9.47 Å². The summed E-state index contributed by atoms with van der Waals surface area (Å²) < 4.78 is 35.9. The number of ether oxygens (including phenoxy) is 4. The second-order valence-corrected chi connectivity index (χ2v) is 6.18. The normalized spacial score (nSPS) is 10.6. The van der Waals surface area contributed by atoms with Gasteiger partial charge in [0.15, 0.2) is 11.5 Å². The highest BCUT2D eigenvalue weighted by Gasteiger charge is 2.14. The Labute approximate surface area is 174 Å².